The van der Waals surface area contributed by atoms with Gasteiger partial charge in [0, 0.05) is 12.6 Å². The number of para-hydroxylation sites is 2. The summed E-state index contributed by atoms with van der Waals surface area (Å²) in [6.45, 7) is 4.10. The number of aryl methyl sites for hydroxylation is 2. The standard InChI is InChI=1S/C28H27F3N2O6/c1-15-10-18(38-14-19-13-33(3)22-6-4-5-7-23(22)39-19)11-16(2)24(15)26(35)32-21-12-17(25(34)27(36)37)8-9-20(21)28(29,30)31/h4-12,19,25,34H,13-14H2,1-3H3,(H,32,35)(H,36,37)/t19-,25?/m0/s1. The summed E-state index contributed by atoms with van der Waals surface area (Å²) in [6, 6.07) is 13.2. The fourth-order valence-electron chi connectivity index (χ4n) is 4.54. The van der Waals surface area contributed by atoms with E-state index in [-0.39, 0.29) is 23.8 Å². The average molecular weight is 545 g/mol. The fourth-order valence-corrected chi connectivity index (χ4v) is 4.54. The third-order valence-electron chi connectivity index (χ3n) is 6.36. The molecule has 2 atom stereocenters. The number of alkyl halides is 3. The summed E-state index contributed by atoms with van der Waals surface area (Å²) in [5.41, 5.74) is -0.0970. The molecule has 4 rings (SSSR count). The second kappa shape index (κ2) is 10.9. The second-order valence-electron chi connectivity index (χ2n) is 9.33. The van der Waals surface area contributed by atoms with Crippen molar-refractivity contribution >= 4 is 23.3 Å². The van der Waals surface area contributed by atoms with Gasteiger partial charge in [0.1, 0.15) is 24.2 Å². The zero-order valence-corrected chi connectivity index (χ0v) is 21.4. The third-order valence-corrected chi connectivity index (χ3v) is 6.36. The molecule has 8 nitrogen and oxygen atoms in total. The molecular formula is C28H27F3N2O6. The number of rotatable bonds is 7. The minimum atomic E-state index is -4.83. The highest BCUT2D eigenvalue weighted by atomic mass is 19.4. The van der Waals surface area contributed by atoms with Crippen LogP contribution in [0.1, 0.15) is 38.7 Å². The van der Waals surface area contributed by atoms with E-state index in [4.69, 9.17) is 14.6 Å². The molecule has 0 radical (unpaired) electrons. The Balaban J connectivity index is 1.52. The number of likely N-dealkylation sites (N-methyl/N-ethyl adjacent to an activating group) is 1. The Hall–Kier alpha value is -4.25. The van der Waals surface area contributed by atoms with Gasteiger partial charge in [0.2, 0.25) is 0 Å². The zero-order valence-electron chi connectivity index (χ0n) is 21.4. The number of carbonyl (C=O) groups excluding carboxylic acids is 1. The van der Waals surface area contributed by atoms with Gasteiger partial charge >= 0.3 is 12.1 Å². The fraction of sp³-hybridized carbons (Fsp3) is 0.286. The van der Waals surface area contributed by atoms with Crippen molar-refractivity contribution in [2.75, 3.05) is 30.4 Å². The highest BCUT2D eigenvalue weighted by Gasteiger charge is 2.35. The van der Waals surface area contributed by atoms with Crippen molar-refractivity contribution in [2.45, 2.75) is 32.2 Å². The Kier molecular flexibility index (Phi) is 7.73. The minimum Gasteiger partial charge on any atom is -0.490 e. The first-order valence-electron chi connectivity index (χ1n) is 12.0. The summed E-state index contributed by atoms with van der Waals surface area (Å²) < 4.78 is 52.7. The van der Waals surface area contributed by atoms with Gasteiger partial charge in [0.15, 0.2) is 6.10 Å². The quantitative estimate of drug-likeness (QED) is 0.386. The molecule has 0 saturated heterocycles. The number of hydrogen-bond acceptors (Lipinski definition) is 6. The number of nitrogens with zero attached hydrogens (tertiary/aromatic N) is 1. The molecule has 1 heterocycles. The van der Waals surface area contributed by atoms with E-state index in [1.54, 1.807) is 26.0 Å². The topological polar surface area (TPSA) is 108 Å². The van der Waals surface area contributed by atoms with E-state index in [0.29, 0.717) is 29.5 Å². The average Bonchev–Trinajstić information content (AvgIpc) is 2.86. The molecule has 1 aliphatic heterocycles. The van der Waals surface area contributed by atoms with E-state index < -0.39 is 35.4 Å². The van der Waals surface area contributed by atoms with Crippen LogP contribution in [0.15, 0.2) is 54.6 Å². The van der Waals surface area contributed by atoms with Crippen LogP contribution in [0.2, 0.25) is 0 Å². The molecule has 3 aromatic rings. The summed E-state index contributed by atoms with van der Waals surface area (Å²) in [4.78, 5) is 26.3. The molecule has 0 fully saturated rings. The van der Waals surface area contributed by atoms with Gasteiger partial charge in [-0.05, 0) is 66.9 Å². The van der Waals surface area contributed by atoms with Crippen molar-refractivity contribution < 1.29 is 42.4 Å². The summed E-state index contributed by atoms with van der Waals surface area (Å²) in [6.07, 6.45) is -7.13. The Morgan fingerprint density at radius 3 is 2.44 bits per heavy atom. The number of carboxylic acid groups (broad SMARTS) is 1. The maximum atomic E-state index is 13.6. The Morgan fingerprint density at radius 2 is 1.79 bits per heavy atom. The highest BCUT2D eigenvalue weighted by Crippen LogP contribution is 2.37. The lowest BCUT2D eigenvalue weighted by Gasteiger charge is -2.33. The van der Waals surface area contributed by atoms with Crippen LogP contribution in [0, 0.1) is 13.8 Å². The summed E-state index contributed by atoms with van der Waals surface area (Å²) in [7, 11) is 1.96. The molecule has 0 bridgehead atoms. The first-order chi connectivity index (χ1) is 18.3. The number of aliphatic hydroxyl groups excluding tert-OH is 1. The number of hydrogen-bond donors (Lipinski definition) is 3. The number of aliphatic hydroxyl groups is 1. The molecule has 0 spiro atoms. The summed E-state index contributed by atoms with van der Waals surface area (Å²) in [5.74, 6) is -1.24. The van der Waals surface area contributed by atoms with Crippen molar-refractivity contribution in [1.82, 2.24) is 0 Å². The van der Waals surface area contributed by atoms with Crippen molar-refractivity contribution in [2.24, 2.45) is 0 Å². The highest BCUT2D eigenvalue weighted by molar-refractivity contribution is 6.07. The van der Waals surface area contributed by atoms with Crippen LogP contribution in [0.3, 0.4) is 0 Å². The molecule has 0 aliphatic carbocycles. The number of benzene rings is 3. The van der Waals surface area contributed by atoms with Crippen molar-refractivity contribution in [3.05, 3.63) is 82.4 Å². The zero-order chi connectivity index (χ0) is 28.5. The van der Waals surface area contributed by atoms with Crippen LogP contribution in [0.5, 0.6) is 11.5 Å². The monoisotopic (exact) mass is 544 g/mol. The van der Waals surface area contributed by atoms with Gasteiger partial charge in [0.25, 0.3) is 5.91 Å². The maximum absolute atomic E-state index is 13.6. The number of ether oxygens (including phenoxy) is 2. The first kappa shape index (κ1) is 27.8. The van der Waals surface area contributed by atoms with Gasteiger partial charge in [0.05, 0.1) is 23.5 Å². The van der Waals surface area contributed by atoms with Gasteiger partial charge in [-0.1, -0.05) is 18.2 Å². The van der Waals surface area contributed by atoms with Gasteiger partial charge < -0.3 is 29.9 Å². The number of halogens is 3. The minimum absolute atomic E-state index is 0.141. The van der Waals surface area contributed by atoms with Gasteiger partial charge in [-0.2, -0.15) is 13.2 Å². The number of fused-ring (bicyclic) bond motifs is 1. The van der Waals surface area contributed by atoms with Gasteiger partial charge in [-0.25, -0.2) is 4.79 Å². The van der Waals surface area contributed by atoms with E-state index in [9.17, 15) is 27.9 Å². The number of amides is 1. The molecule has 1 aliphatic rings. The number of carbonyl (C=O) groups is 2. The van der Waals surface area contributed by atoms with E-state index in [0.717, 1.165) is 23.6 Å². The molecule has 3 N–H and O–H groups in total. The molecule has 11 heteroatoms. The smallest absolute Gasteiger partial charge is 0.418 e. The van der Waals surface area contributed by atoms with Crippen molar-refractivity contribution in [3.63, 3.8) is 0 Å². The van der Waals surface area contributed by atoms with Crippen molar-refractivity contribution in [3.8, 4) is 11.5 Å². The molecule has 39 heavy (non-hydrogen) atoms. The number of carboxylic acids is 1. The van der Waals surface area contributed by atoms with Gasteiger partial charge in [-0.15, -0.1) is 0 Å². The van der Waals surface area contributed by atoms with Crippen molar-refractivity contribution in [1.29, 1.82) is 0 Å². The van der Waals surface area contributed by atoms with E-state index in [1.165, 1.54) is 0 Å². The first-order valence-corrected chi connectivity index (χ1v) is 12.0. The lowest BCUT2D eigenvalue weighted by atomic mass is 10.0. The lowest BCUT2D eigenvalue weighted by Crippen LogP contribution is -2.41. The Morgan fingerprint density at radius 1 is 1.13 bits per heavy atom. The molecule has 0 saturated carbocycles. The van der Waals surface area contributed by atoms with E-state index in [2.05, 4.69) is 10.2 Å². The molecular weight excluding hydrogens is 517 g/mol. The van der Waals surface area contributed by atoms with Crippen LogP contribution in [-0.2, 0) is 11.0 Å². The molecule has 206 valence electrons. The van der Waals surface area contributed by atoms with Crippen LogP contribution in [0.25, 0.3) is 0 Å². The lowest BCUT2D eigenvalue weighted by molar-refractivity contribution is -0.146. The predicted octanol–water partition coefficient (Wildman–Crippen LogP) is 4.97. The van der Waals surface area contributed by atoms with Gasteiger partial charge in [-0.3, -0.25) is 4.79 Å². The maximum Gasteiger partial charge on any atom is 0.418 e. The van der Waals surface area contributed by atoms with Crippen LogP contribution in [0.4, 0.5) is 24.5 Å². The molecule has 1 unspecified atom stereocenters. The molecule has 0 aromatic heterocycles. The van der Waals surface area contributed by atoms with E-state index in [1.807, 2.05) is 31.3 Å². The Labute approximate surface area is 222 Å². The third kappa shape index (κ3) is 6.09. The summed E-state index contributed by atoms with van der Waals surface area (Å²) in [5, 5.41) is 21.0. The SMILES string of the molecule is Cc1cc(OC[C@@H]2CN(C)c3ccccc3O2)cc(C)c1C(=O)Nc1cc(C(O)C(=O)O)ccc1C(F)(F)F. The molecule has 1 amide bonds. The normalized spacial score (nSPS) is 15.7. The number of anilines is 2. The molecule has 3 aromatic carbocycles. The largest absolute Gasteiger partial charge is 0.490 e. The van der Waals surface area contributed by atoms with E-state index >= 15 is 0 Å². The number of aliphatic carboxylic acids is 1. The number of nitrogens with one attached hydrogen (secondary N) is 1. The van der Waals surface area contributed by atoms with Crippen LogP contribution in [-0.4, -0.2) is 48.4 Å². The van der Waals surface area contributed by atoms with Crippen LogP contribution < -0.4 is 19.7 Å². The predicted molar refractivity (Wildman–Crippen MR) is 138 cm³/mol. The summed E-state index contributed by atoms with van der Waals surface area (Å²) >= 11 is 0. The van der Waals surface area contributed by atoms with Crippen LogP contribution >= 0.6 is 0 Å². The second-order valence-corrected chi connectivity index (χ2v) is 9.33. The Bertz CT molecular complexity index is 1390.